The van der Waals surface area contributed by atoms with Crippen molar-refractivity contribution >= 4 is 5.91 Å². The van der Waals surface area contributed by atoms with Crippen LogP contribution in [0.1, 0.15) is 43.4 Å². The highest BCUT2D eigenvalue weighted by Gasteiger charge is 2.17. The van der Waals surface area contributed by atoms with Crippen molar-refractivity contribution in [2.75, 3.05) is 21.2 Å². The Bertz CT molecular complexity index is 442. The molecule has 0 radical (unpaired) electrons. The fourth-order valence-corrected chi connectivity index (χ4v) is 1.87. The highest BCUT2D eigenvalue weighted by Crippen LogP contribution is 2.29. The molecule has 0 fully saturated rings. The molecule has 106 valence electrons. The molecule has 19 heavy (non-hydrogen) atoms. The van der Waals surface area contributed by atoms with E-state index >= 15 is 0 Å². The van der Waals surface area contributed by atoms with Crippen molar-refractivity contribution in [1.82, 2.24) is 4.90 Å². The van der Waals surface area contributed by atoms with E-state index in [4.69, 9.17) is 10.5 Å². The highest BCUT2D eigenvalue weighted by atomic mass is 16.5. The number of carbonyl (C=O) groups is 1. The highest BCUT2D eigenvalue weighted by molar-refractivity contribution is 5.76. The fourth-order valence-electron chi connectivity index (χ4n) is 1.87. The van der Waals surface area contributed by atoms with Crippen molar-refractivity contribution in [2.45, 2.75) is 32.2 Å². The number of benzene rings is 1. The van der Waals surface area contributed by atoms with Gasteiger partial charge in [0.2, 0.25) is 5.91 Å². The number of rotatable bonds is 5. The summed E-state index contributed by atoms with van der Waals surface area (Å²) >= 11 is 0. The first-order valence-corrected chi connectivity index (χ1v) is 6.50. The van der Waals surface area contributed by atoms with Crippen LogP contribution in [0, 0.1) is 0 Å². The zero-order valence-corrected chi connectivity index (χ0v) is 12.4. The van der Waals surface area contributed by atoms with Gasteiger partial charge in [0, 0.05) is 32.1 Å². The van der Waals surface area contributed by atoms with Gasteiger partial charge in [-0.15, -0.1) is 0 Å². The van der Waals surface area contributed by atoms with Gasteiger partial charge < -0.3 is 15.4 Å². The molecule has 0 saturated heterocycles. The van der Waals surface area contributed by atoms with Gasteiger partial charge in [0.15, 0.2) is 0 Å². The number of ether oxygens (including phenoxy) is 1. The monoisotopic (exact) mass is 264 g/mol. The quantitative estimate of drug-likeness (QED) is 0.887. The van der Waals surface area contributed by atoms with E-state index in [1.54, 1.807) is 26.1 Å². The maximum Gasteiger partial charge on any atom is 0.223 e. The molecule has 0 bridgehead atoms. The van der Waals surface area contributed by atoms with Gasteiger partial charge in [-0.05, 0) is 17.5 Å². The van der Waals surface area contributed by atoms with Crippen LogP contribution in [0.4, 0.5) is 0 Å². The Morgan fingerprint density at radius 2 is 2.00 bits per heavy atom. The molecule has 2 N–H and O–H groups in total. The summed E-state index contributed by atoms with van der Waals surface area (Å²) < 4.78 is 5.39. The molecule has 1 atom stereocenters. The normalized spacial score (nSPS) is 12.4. The Kier molecular flexibility index (Phi) is 5.36. The molecule has 0 aromatic heterocycles. The zero-order valence-electron chi connectivity index (χ0n) is 12.4. The Labute approximate surface area is 115 Å². The molecule has 0 aliphatic heterocycles. The second-order valence-corrected chi connectivity index (χ2v) is 5.25. The summed E-state index contributed by atoms with van der Waals surface area (Å²) in [6.45, 7) is 4.26. The Morgan fingerprint density at radius 1 is 1.37 bits per heavy atom. The molecule has 0 aliphatic rings. The molecule has 4 nitrogen and oxygen atoms in total. The minimum absolute atomic E-state index is 0.0162. The number of nitrogens with zero attached hydrogens (tertiary/aromatic N) is 1. The smallest absolute Gasteiger partial charge is 0.223 e. The summed E-state index contributed by atoms with van der Waals surface area (Å²) in [4.78, 5) is 13.3. The Hall–Kier alpha value is -1.55. The molecule has 1 amide bonds. The molecule has 0 heterocycles. The van der Waals surface area contributed by atoms with Gasteiger partial charge in [-0.25, -0.2) is 0 Å². The third kappa shape index (κ3) is 3.96. The van der Waals surface area contributed by atoms with E-state index in [2.05, 4.69) is 13.8 Å². The largest absolute Gasteiger partial charge is 0.496 e. The van der Waals surface area contributed by atoms with Crippen molar-refractivity contribution < 1.29 is 9.53 Å². The SMILES string of the molecule is COc1cc(C(C)C)ccc1C(N)CC(=O)N(C)C. The van der Waals surface area contributed by atoms with Crippen molar-refractivity contribution in [2.24, 2.45) is 5.73 Å². The molecule has 4 heteroatoms. The van der Waals surface area contributed by atoms with Crippen LogP contribution in [0.5, 0.6) is 5.75 Å². The third-order valence-electron chi connectivity index (χ3n) is 3.22. The lowest BCUT2D eigenvalue weighted by atomic mass is 9.96. The van der Waals surface area contributed by atoms with Gasteiger partial charge >= 0.3 is 0 Å². The van der Waals surface area contributed by atoms with E-state index in [1.165, 1.54) is 5.56 Å². The molecule has 0 aliphatic carbocycles. The molecule has 1 aromatic carbocycles. The second-order valence-electron chi connectivity index (χ2n) is 5.25. The van der Waals surface area contributed by atoms with Gasteiger partial charge in [0.05, 0.1) is 7.11 Å². The van der Waals surface area contributed by atoms with Crippen molar-refractivity contribution in [3.8, 4) is 5.75 Å². The number of hydrogen-bond acceptors (Lipinski definition) is 3. The summed E-state index contributed by atoms with van der Waals surface area (Å²) in [6.07, 6.45) is 0.282. The van der Waals surface area contributed by atoms with Crippen LogP contribution in [0.15, 0.2) is 18.2 Å². The second kappa shape index (κ2) is 6.57. The van der Waals surface area contributed by atoms with Crippen LogP contribution in [0.2, 0.25) is 0 Å². The lowest BCUT2D eigenvalue weighted by molar-refractivity contribution is -0.129. The van der Waals surface area contributed by atoms with Crippen molar-refractivity contribution in [1.29, 1.82) is 0 Å². The van der Waals surface area contributed by atoms with Crippen LogP contribution in [0.3, 0.4) is 0 Å². The Morgan fingerprint density at radius 3 is 2.47 bits per heavy atom. The predicted molar refractivity (Wildman–Crippen MR) is 77.3 cm³/mol. The van der Waals surface area contributed by atoms with Gasteiger partial charge in [-0.1, -0.05) is 26.0 Å². The molecule has 1 unspecified atom stereocenters. The van der Waals surface area contributed by atoms with E-state index in [0.29, 0.717) is 5.92 Å². The number of nitrogens with two attached hydrogens (primary N) is 1. The van der Waals surface area contributed by atoms with E-state index in [0.717, 1.165) is 11.3 Å². The number of carbonyl (C=O) groups excluding carboxylic acids is 1. The molecular formula is C15H24N2O2. The van der Waals surface area contributed by atoms with E-state index in [1.807, 2.05) is 18.2 Å². The molecule has 0 saturated carbocycles. The fraction of sp³-hybridized carbons (Fsp3) is 0.533. The van der Waals surface area contributed by atoms with Crippen molar-refractivity contribution in [3.05, 3.63) is 29.3 Å². The summed E-state index contributed by atoms with van der Waals surface area (Å²) in [5.74, 6) is 1.20. The molecular weight excluding hydrogens is 240 g/mol. The lowest BCUT2D eigenvalue weighted by Gasteiger charge is -2.19. The summed E-state index contributed by atoms with van der Waals surface area (Å²) in [5.41, 5.74) is 8.19. The van der Waals surface area contributed by atoms with E-state index < -0.39 is 0 Å². The van der Waals surface area contributed by atoms with Crippen LogP contribution in [-0.4, -0.2) is 32.0 Å². The first-order chi connectivity index (χ1) is 8.86. The van der Waals surface area contributed by atoms with Crippen LogP contribution in [-0.2, 0) is 4.79 Å². The molecule has 0 spiro atoms. The van der Waals surface area contributed by atoms with Gasteiger partial charge in [0.1, 0.15) is 5.75 Å². The van der Waals surface area contributed by atoms with E-state index in [-0.39, 0.29) is 18.4 Å². The predicted octanol–water partition coefficient (Wildman–Crippen LogP) is 2.30. The van der Waals surface area contributed by atoms with Gasteiger partial charge in [-0.2, -0.15) is 0 Å². The number of methoxy groups -OCH3 is 1. The van der Waals surface area contributed by atoms with Gasteiger partial charge in [-0.3, -0.25) is 4.79 Å². The van der Waals surface area contributed by atoms with E-state index in [9.17, 15) is 4.79 Å². The number of amides is 1. The average Bonchev–Trinajstić information content (AvgIpc) is 2.37. The maximum atomic E-state index is 11.7. The standard InChI is InChI=1S/C15H24N2O2/c1-10(2)11-6-7-12(14(8-11)19-5)13(16)9-15(18)17(3)4/h6-8,10,13H,9,16H2,1-5H3. The summed E-state index contributed by atoms with van der Waals surface area (Å²) in [5, 5.41) is 0. The summed E-state index contributed by atoms with van der Waals surface area (Å²) in [6, 6.07) is 5.66. The Balaban J connectivity index is 2.96. The van der Waals surface area contributed by atoms with Crippen LogP contribution < -0.4 is 10.5 Å². The minimum atomic E-state index is -0.342. The average molecular weight is 264 g/mol. The first-order valence-electron chi connectivity index (χ1n) is 6.50. The maximum absolute atomic E-state index is 11.7. The minimum Gasteiger partial charge on any atom is -0.496 e. The lowest BCUT2D eigenvalue weighted by Crippen LogP contribution is -2.26. The zero-order chi connectivity index (χ0) is 14.6. The third-order valence-corrected chi connectivity index (χ3v) is 3.22. The topological polar surface area (TPSA) is 55.6 Å². The molecule has 1 rings (SSSR count). The molecule has 1 aromatic rings. The van der Waals surface area contributed by atoms with Crippen LogP contribution >= 0.6 is 0 Å². The number of hydrogen-bond donors (Lipinski definition) is 1. The first kappa shape index (κ1) is 15.5. The van der Waals surface area contributed by atoms with Crippen molar-refractivity contribution in [3.63, 3.8) is 0 Å². The summed E-state index contributed by atoms with van der Waals surface area (Å²) in [7, 11) is 5.09. The van der Waals surface area contributed by atoms with Gasteiger partial charge in [0.25, 0.3) is 0 Å². The van der Waals surface area contributed by atoms with Crippen LogP contribution in [0.25, 0.3) is 0 Å².